The van der Waals surface area contributed by atoms with Gasteiger partial charge in [-0.05, 0) is 55.4 Å². The molecule has 0 radical (unpaired) electrons. The fraction of sp³-hybridized carbons (Fsp3) is 0.360. The lowest BCUT2D eigenvalue weighted by Gasteiger charge is -2.56. The molecule has 188 valence electrons. The minimum absolute atomic E-state index is 0.279. The lowest BCUT2D eigenvalue weighted by Crippen LogP contribution is -2.45. The van der Waals surface area contributed by atoms with E-state index in [1.807, 2.05) is 12.1 Å². The van der Waals surface area contributed by atoms with Gasteiger partial charge in [0.1, 0.15) is 31.9 Å². The number of hydrogen-bond donors (Lipinski definition) is 2. The molecule has 4 N–H and O–H groups in total. The summed E-state index contributed by atoms with van der Waals surface area (Å²) in [7, 11) is 0. The molecule has 0 bridgehead atoms. The minimum Gasteiger partial charge on any atom is -0.369 e. The van der Waals surface area contributed by atoms with Gasteiger partial charge in [0.25, 0.3) is 0 Å². The first-order valence-electron chi connectivity index (χ1n) is 12.0. The van der Waals surface area contributed by atoms with E-state index in [1.54, 1.807) is 36.7 Å². The number of amides is 2. The third kappa shape index (κ3) is 4.40. The average molecular weight is 533 g/mol. The molecular formula is C25H24N8O2S2. The fourth-order valence-corrected chi connectivity index (χ4v) is 7.72. The van der Waals surface area contributed by atoms with Crippen LogP contribution in [0.5, 0.6) is 0 Å². The number of hydrogen-bond acceptors (Lipinski definition) is 10. The van der Waals surface area contributed by atoms with Crippen LogP contribution >= 0.6 is 22.7 Å². The van der Waals surface area contributed by atoms with Crippen LogP contribution in [0.4, 0.5) is 0 Å². The Morgan fingerprint density at radius 1 is 0.730 bits per heavy atom. The van der Waals surface area contributed by atoms with E-state index >= 15 is 0 Å². The molecular weight excluding hydrogens is 508 g/mol. The van der Waals surface area contributed by atoms with E-state index in [0.717, 1.165) is 35.7 Å². The van der Waals surface area contributed by atoms with Crippen LogP contribution in [-0.4, -0.2) is 42.2 Å². The summed E-state index contributed by atoms with van der Waals surface area (Å²) in [5.74, 6) is -1.67. The van der Waals surface area contributed by atoms with Crippen molar-refractivity contribution >= 4 is 34.5 Å². The molecule has 2 saturated carbocycles. The van der Waals surface area contributed by atoms with E-state index in [4.69, 9.17) is 11.5 Å². The Balaban J connectivity index is 1.09. The van der Waals surface area contributed by atoms with Gasteiger partial charge < -0.3 is 11.5 Å². The Bertz CT molecular complexity index is 1320. The Morgan fingerprint density at radius 3 is 1.51 bits per heavy atom. The highest BCUT2D eigenvalue weighted by Gasteiger charge is 2.55. The van der Waals surface area contributed by atoms with Gasteiger partial charge in [-0.1, -0.05) is 34.8 Å². The van der Waals surface area contributed by atoms with Crippen LogP contribution in [0.2, 0.25) is 0 Å². The van der Waals surface area contributed by atoms with Crippen molar-refractivity contribution in [2.75, 3.05) is 0 Å². The summed E-state index contributed by atoms with van der Waals surface area (Å²) >= 11 is 2.91. The molecule has 10 nitrogen and oxygen atoms in total. The first-order valence-corrected chi connectivity index (χ1v) is 13.6. The lowest BCUT2D eigenvalue weighted by atomic mass is 9.48. The quantitative estimate of drug-likeness (QED) is 0.350. The monoisotopic (exact) mass is 532 g/mol. The largest absolute Gasteiger partial charge is 0.369 e. The zero-order valence-electron chi connectivity index (χ0n) is 19.7. The van der Waals surface area contributed by atoms with Crippen molar-refractivity contribution in [2.24, 2.45) is 16.9 Å². The van der Waals surface area contributed by atoms with Gasteiger partial charge in [-0.3, -0.25) is 19.6 Å². The highest BCUT2D eigenvalue weighted by Crippen LogP contribution is 2.66. The number of carbonyl (C=O) groups is 2. The summed E-state index contributed by atoms with van der Waals surface area (Å²) in [4.78, 5) is 32.8. The first-order chi connectivity index (χ1) is 17.9. The van der Waals surface area contributed by atoms with Crippen molar-refractivity contribution in [2.45, 2.75) is 49.4 Å². The Morgan fingerprint density at radius 2 is 1.16 bits per heavy atom. The number of pyridine rings is 2. The molecule has 4 heterocycles. The topological polar surface area (TPSA) is 164 Å². The smallest absolute Gasteiger partial charge is 0.233 e. The van der Waals surface area contributed by atoms with Gasteiger partial charge in [0.2, 0.25) is 11.8 Å². The summed E-state index contributed by atoms with van der Waals surface area (Å²) in [6.07, 6.45) is 7.42. The summed E-state index contributed by atoms with van der Waals surface area (Å²) < 4.78 is 0. The van der Waals surface area contributed by atoms with E-state index in [9.17, 15) is 9.59 Å². The van der Waals surface area contributed by atoms with E-state index in [0.29, 0.717) is 33.2 Å². The first kappa shape index (κ1) is 23.7. The summed E-state index contributed by atoms with van der Waals surface area (Å²) in [5, 5.41) is 20.5. The maximum absolute atomic E-state index is 12.1. The second kappa shape index (κ2) is 9.34. The third-order valence-electron chi connectivity index (χ3n) is 7.36. The van der Waals surface area contributed by atoms with Gasteiger partial charge in [-0.2, -0.15) is 0 Å². The highest BCUT2D eigenvalue weighted by atomic mass is 32.1. The number of nitrogens with zero attached hydrogens (tertiary/aromatic N) is 6. The van der Waals surface area contributed by atoms with Gasteiger partial charge in [-0.25, -0.2) is 0 Å². The van der Waals surface area contributed by atoms with Gasteiger partial charge in [-0.15, -0.1) is 20.4 Å². The van der Waals surface area contributed by atoms with Crippen LogP contribution in [-0.2, 0) is 9.59 Å². The van der Waals surface area contributed by atoms with Gasteiger partial charge in [0.15, 0.2) is 0 Å². The lowest BCUT2D eigenvalue weighted by molar-refractivity contribution is -0.119. The molecule has 2 amide bonds. The number of nitrogens with two attached hydrogens (primary N) is 2. The Labute approximate surface area is 220 Å². The molecule has 2 aliphatic rings. The molecule has 0 saturated heterocycles. The predicted octanol–water partition coefficient (Wildman–Crippen LogP) is 2.86. The van der Waals surface area contributed by atoms with Crippen molar-refractivity contribution < 1.29 is 9.59 Å². The van der Waals surface area contributed by atoms with Crippen molar-refractivity contribution in [3.63, 3.8) is 0 Å². The number of primary amides is 2. The summed E-state index contributed by atoms with van der Waals surface area (Å²) in [5.41, 5.74) is 12.8. The van der Waals surface area contributed by atoms with Crippen molar-refractivity contribution in [1.82, 2.24) is 30.4 Å². The molecule has 2 aliphatic carbocycles. The van der Waals surface area contributed by atoms with Crippen LogP contribution in [0, 0.1) is 5.41 Å². The summed E-state index contributed by atoms with van der Waals surface area (Å²) in [6, 6.07) is 10.8. The van der Waals surface area contributed by atoms with Gasteiger partial charge >= 0.3 is 0 Å². The van der Waals surface area contributed by atoms with Crippen molar-refractivity contribution in [1.29, 1.82) is 0 Å². The molecule has 2 unspecified atom stereocenters. The molecule has 2 fully saturated rings. The van der Waals surface area contributed by atoms with E-state index in [2.05, 4.69) is 30.4 Å². The second-order valence-electron chi connectivity index (χ2n) is 9.85. The normalized spacial score (nSPS) is 24.1. The highest BCUT2D eigenvalue weighted by molar-refractivity contribution is 7.11. The Hall–Kier alpha value is -3.64. The van der Waals surface area contributed by atoms with Gasteiger partial charge in [0.05, 0.1) is 11.4 Å². The molecule has 0 aliphatic heterocycles. The number of carbonyl (C=O) groups excluding carboxylic acids is 2. The molecule has 2 atom stereocenters. The van der Waals surface area contributed by atoms with Crippen LogP contribution in [0.3, 0.4) is 0 Å². The standard InChI is InChI=1S/C25H24N8O2S2/c26-19(34)17(15-5-1-3-7-28-15)23-32-30-21(36-23)13-9-25(10-13)11-14(12-25)22-31-33-24(37-22)18(20(27)35)16-6-2-4-8-29-16/h1-8,13-14,17-18H,9-12H2,(H2,26,34)(H2,27,35). The van der Waals surface area contributed by atoms with Crippen LogP contribution in [0.25, 0.3) is 0 Å². The van der Waals surface area contributed by atoms with Crippen molar-refractivity contribution in [3.8, 4) is 0 Å². The summed E-state index contributed by atoms with van der Waals surface area (Å²) in [6.45, 7) is 0. The SMILES string of the molecule is NC(=O)C(c1ccccn1)c1nnc(C2CC3(C2)CC(c2nnc(C(C(N)=O)c4ccccn4)s2)C3)s1. The number of aromatic nitrogens is 6. The van der Waals surface area contributed by atoms with Crippen LogP contribution < -0.4 is 11.5 Å². The van der Waals surface area contributed by atoms with Crippen LogP contribution in [0.15, 0.2) is 48.8 Å². The molecule has 0 aromatic carbocycles. The van der Waals surface area contributed by atoms with E-state index in [1.165, 1.54) is 22.7 Å². The molecule has 12 heteroatoms. The predicted molar refractivity (Wildman–Crippen MR) is 137 cm³/mol. The minimum atomic E-state index is -0.684. The molecule has 4 aromatic heterocycles. The third-order valence-corrected chi connectivity index (χ3v) is 9.66. The zero-order chi connectivity index (χ0) is 25.6. The zero-order valence-corrected chi connectivity index (χ0v) is 21.4. The van der Waals surface area contributed by atoms with E-state index < -0.39 is 23.7 Å². The molecule has 4 aromatic rings. The van der Waals surface area contributed by atoms with Crippen molar-refractivity contribution in [3.05, 3.63) is 80.2 Å². The fourth-order valence-electron chi connectivity index (χ4n) is 5.59. The molecule has 37 heavy (non-hydrogen) atoms. The average Bonchev–Trinajstić information content (AvgIpc) is 3.49. The maximum Gasteiger partial charge on any atom is 0.233 e. The van der Waals surface area contributed by atoms with E-state index in [-0.39, 0.29) is 5.41 Å². The molecule has 1 spiro atoms. The number of rotatable bonds is 8. The molecule has 6 rings (SSSR count). The maximum atomic E-state index is 12.1. The second-order valence-corrected chi connectivity index (χ2v) is 11.9. The Kier molecular flexibility index (Phi) is 6.00. The van der Waals surface area contributed by atoms with Gasteiger partial charge in [0, 0.05) is 24.2 Å². The van der Waals surface area contributed by atoms with Crippen LogP contribution in [0.1, 0.15) is 80.8 Å².